The molecule has 0 N–H and O–H groups in total. The smallest absolute Gasteiger partial charge is 0.228 e. The van der Waals surface area contributed by atoms with Gasteiger partial charge in [-0.2, -0.15) is 8.42 Å². The lowest BCUT2D eigenvalue weighted by Gasteiger charge is -2.20. The number of aryl methyl sites for hydroxylation is 2. The van der Waals surface area contributed by atoms with Gasteiger partial charge in [-0.1, -0.05) is 30.3 Å². The van der Waals surface area contributed by atoms with Crippen LogP contribution in [-0.4, -0.2) is 8.42 Å². The average molecular weight is 291 g/mol. The molecule has 3 rings (SSSR count). The van der Waals surface area contributed by atoms with Crippen molar-refractivity contribution in [1.29, 1.82) is 0 Å². The molecular weight excluding hydrogens is 278 g/mol. The van der Waals surface area contributed by atoms with Crippen molar-refractivity contribution in [2.75, 3.05) is 4.31 Å². The Morgan fingerprint density at radius 3 is 2.37 bits per heavy atom. The molecule has 0 spiro atoms. The van der Waals surface area contributed by atoms with Gasteiger partial charge in [0.2, 0.25) is 0 Å². The van der Waals surface area contributed by atoms with Gasteiger partial charge in [0.05, 0.1) is 16.3 Å². The third-order valence-electron chi connectivity index (χ3n) is 3.16. The molecule has 98 valence electrons. The Bertz CT molecular complexity index is 754. The van der Waals surface area contributed by atoms with Gasteiger partial charge in [-0.05, 0) is 37.1 Å². The summed E-state index contributed by atoms with van der Waals surface area (Å²) in [5.41, 5.74) is 3.42. The van der Waals surface area contributed by atoms with Crippen molar-refractivity contribution in [2.45, 2.75) is 18.7 Å². The standard InChI is InChI=1S/C14H13NO2S2/c1-10-6-3-4-8-12(10)15-14-11(2)7-5-9-13(14)18-19(15,16)17/h3-9H,1-2H3. The third-order valence-corrected chi connectivity index (χ3v) is 6.32. The minimum absolute atomic E-state index is 0.725. The summed E-state index contributed by atoms with van der Waals surface area (Å²) in [7, 11) is -2.48. The lowest BCUT2D eigenvalue weighted by atomic mass is 10.1. The van der Waals surface area contributed by atoms with Crippen LogP contribution in [0.5, 0.6) is 0 Å². The van der Waals surface area contributed by atoms with Gasteiger partial charge in [0.1, 0.15) is 0 Å². The van der Waals surface area contributed by atoms with Crippen molar-refractivity contribution in [3.63, 3.8) is 0 Å². The van der Waals surface area contributed by atoms with Crippen LogP contribution in [0.2, 0.25) is 0 Å². The van der Waals surface area contributed by atoms with E-state index in [0.717, 1.165) is 38.2 Å². The number of fused-ring (bicyclic) bond motifs is 1. The van der Waals surface area contributed by atoms with E-state index in [0.29, 0.717) is 0 Å². The summed E-state index contributed by atoms with van der Waals surface area (Å²) >= 11 is 0. The normalized spacial score (nSPS) is 16.4. The average Bonchev–Trinajstić information content (AvgIpc) is 2.62. The zero-order chi connectivity index (χ0) is 13.6. The van der Waals surface area contributed by atoms with E-state index >= 15 is 0 Å². The largest absolute Gasteiger partial charge is 0.297 e. The molecule has 0 saturated heterocycles. The number of para-hydroxylation sites is 2. The molecule has 1 aliphatic rings. The maximum atomic E-state index is 12.4. The highest BCUT2D eigenvalue weighted by molar-refractivity contribution is 8.73. The molecule has 0 unspecified atom stereocenters. The van der Waals surface area contributed by atoms with Crippen LogP contribution in [0.4, 0.5) is 11.4 Å². The van der Waals surface area contributed by atoms with Gasteiger partial charge in [0, 0.05) is 10.8 Å². The van der Waals surface area contributed by atoms with Gasteiger partial charge >= 0.3 is 0 Å². The number of anilines is 2. The molecule has 0 amide bonds. The second-order valence-electron chi connectivity index (χ2n) is 4.51. The monoisotopic (exact) mass is 291 g/mol. The van der Waals surface area contributed by atoms with Crippen molar-refractivity contribution in [1.82, 2.24) is 0 Å². The number of hydrogen-bond donors (Lipinski definition) is 0. The van der Waals surface area contributed by atoms with E-state index in [2.05, 4.69) is 0 Å². The SMILES string of the molecule is Cc1ccccc1N1c2c(C)cccc2SS1(=O)=O. The van der Waals surface area contributed by atoms with E-state index in [9.17, 15) is 8.42 Å². The van der Waals surface area contributed by atoms with Gasteiger partial charge in [0.15, 0.2) is 0 Å². The zero-order valence-electron chi connectivity index (χ0n) is 10.6. The van der Waals surface area contributed by atoms with Gasteiger partial charge in [-0.3, -0.25) is 0 Å². The second kappa shape index (κ2) is 4.28. The molecule has 3 nitrogen and oxygen atoms in total. The number of nitrogens with zero attached hydrogens (tertiary/aromatic N) is 1. The van der Waals surface area contributed by atoms with Crippen molar-refractivity contribution < 1.29 is 8.42 Å². The highest BCUT2D eigenvalue weighted by atomic mass is 33.1. The summed E-state index contributed by atoms with van der Waals surface area (Å²) in [6.45, 7) is 3.86. The first-order valence-electron chi connectivity index (χ1n) is 5.91. The van der Waals surface area contributed by atoms with Crippen molar-refractivity contribution in [3.05, 3.63) is 53.6 Å². The van der Waals surface area contributed by atoms with Crippen LogP contribution in [0.3, 0.4) is 0 Å². The van der Waals surface area contributed by atoms with E-state index in [-0.39, 0.29) is 0 Å². The Hall–Kier alpha value is -1.46. The molecular formula is C14H13NO2S2. The minimum atomic E-state index is -3.39. The summed E-state index contributed by atoms with van der Waals surface area (Å²) < 4.78 is 26.3. The minimum Gasteiger partial charge on any atom is -0.228 e. The fourth-order valence-corrected chi connectivity index (χ4v) is 5.76. The van der Waals surface area contributed by atoms with E-state index in [1.54, 1.807) is 0 Å². The lowest BCUT2D eigenvalue weighted by Crippen LogP contribution is -2.20. The van der Waals surface area contributed by atoms with Crippen molar-refractivity contribution >= 4 is 31.2 Å². The Balaban J connectivity index is 2.30. The Morgan fingerprint density at radius 2 is 1.63 bits per heavy atom. The van der Waals surface area contributed by atoms with Crippen molar-refractivity contribution in [3.8, 4) is 0 Å². The quantitative estimate of drug-likeness (QED) is 0.750. The van der Waals surface area contributed by atoms with Gasteiger partial charge in [-0.15, -0.1) is 0 Å². The predicted octanol–water partition coefficient (Wildman–Crippen LogP) is 3.79. The molecule has 0 atom stereocenters. The summed E-state index contributed by atoms with van der Waals surface area (Å²) in [6, 6.07) is 13.2. The van der Waals surface area contributed by atoms with Gasteiger partial charge < -0.3 is 0 Å². The molecule has 0 aromatic heterocycles. The molecule has 2 aromatic carbocycles. The second-order valence-corrected chi connectivity index (χ2v) is 8.10. The zero-order valence-corrected chi connectivity index (χ0v) is 12.3. The van der Waals surface area contributed by atoms with Crippen molar-refractivity contribution in [2.24, 2.45) is 0 Å². The Kier molecular flexibility index (Phi) is 2.83. The summed E-state index contributed by atoms with van der Waals surface area (Å²) in [6.07, 6.45) is 0. The number of hydrogen-bond acceptors (Lipinski definition) is 3. The van der Waals surface area contributed by atoms with Gasteiger partial charge in [0.25, 0.3) is 9.06 Å². The molecule has 0 radical (unpaired) electrons. The van der Waals surface area contributed by atoms with E-state index in [4.69, 9.17) is 0 Å². The molecule has 5 heteroatoms. The summed E-state index contributed by atoms with van der Waals surface area (Å²) in [4.78, 5) is 0.795. The first-order chi connectivity index (χ1) is 9.00. The maximum absolute atomic E-state index is 12.4. The number of rotatable bonds is 1. The van der Waals surface area contributed by atoms with Crippen LogP contribution < -0.4 is 4.31 Å². The topological polar surface area (TPSA) is 37.4 Å². The molecule has 1 aliphatic heterocycles. The van der Waals surface area contributed by atoms with Crippen LogP contribution in [-0.2, 0) is 9.06 Å². The lowest BCUT2D eigenvalue weighted by molar-refractivity contribution is 0.611. The van der Waals surface area contributed by atoms with Crippen LogP contribution in [0.15, 0.2) is 47.4 Å². The van der Waals surface area contributed by atoms with E-state index in [1.165, 1.54) is 4.31 Å². The molecule has 0 bridgehead atoms. The molecule has 0 fully saturated rings. The first-order valence-corrected chi connectivity index (χ1v) is 8.68. The maximum Gasteiger partial charge on any atom is 0.297 e. The van der Waals surface area contributed by atoms with Gasteiger partial charge in [-0.25, -0.2) is 4.31 Å². The Morgan fingerprint density at radius 1 is 0.947 bits per heavy atom. The predicted molar refractivity (Wildman–Crippen MR) is 79.3 cm³/mol. The molecule has 19 heavy (non-hydrogen) atoms. The molecule has 0 aliphatic carbocycles. The highest BCUT2D eigenvalue weighted by Crippen LogP contribution is 2.50. The first kappa shape index (κ1) is 12.6. The summed E-state index contributed by atoms with van der Waals surface area (Å²) in [5.74, 6) is 0. The Labute approximate surface area is 116 Å². The van der Waals surface area contributed by atoms with Crippen LogP contribution in [0.1, 0.15) is 11.1 Å². The van der Waals surface area contributed by atoms with Crippen LogP contribution in [0.25, 0.3) is 0 Å². The highest BCUT2D eigenvalue weighted by Gasteiger charge is 2.37. The summed E-state index contributed by atoms with van der Waals surface area (Å²) in [5, 5.41) is 0. The third kappa shape index (κ3) is 1.93. The molecule has 2 aromatic rings. The van der Waals surface area contributed by atoms with Crippen LogP contribution >= 0.6 is 10.8 Å². The fraction of sp³-hybridized carbons (Fsp3) is 0.143. The molecule has 0 saturated carbocycles. The molecule has 1 heterocycles. The van der Waals surface area contributed by atoms with Crippen LogP contribution in [0, 0.1) is 13.8 Å². The number of benzene rings is 2. The fourth-order valence-electron chi connectivity index (χ4n) is 2.25. The van der Waals surface area contributed by atoms with E-state index in [1.807, 2.05) is 56.3 Å². The van der Waals surface area contributed by atoms with E-state index < -0.39 is 9.06 Å².